The molecule has 0 saturated heterocycles. The first kappa shape index (κ1) is 14.1. The predicted molar refractivity (Wildman–Crippen MR) is 75.2 cm³/mol. The smallest absolute Gasteiger partial charge is 0.241 e. The Labute approximate surface area is 116 Å². The Kier molecular flexibility index (Phi) is 4.31. The number of sulfonamides is 1. The molecule has 0 saturated carbocycles. The van der Waals surface area contributed by atoms with E-state index >= 15 is 0 Å². The molecule has 102 valence electrons. The van der Waals surface area contributed by atoms with E-state index in [1.54, 1.807) is 36.8 Å². The average molecular weight is 297 g/mol. The van der Waals surface area contributed by atoms with Gasteiger partial charge in [0.25, 0.3) is 0 Å². The molecule has 7 heteroatoms. The minimum absolute atomic E-state index is 0.258. The van der Waals surface area contributed by atoms with Gasteiger partial charge in [-0.15, -0.1) is 11.3 Å². The minimum Gasteiger partial charge on any atom is -0.326 e. The Morgan fingerprint density at radius 3 is 2.89 bits per heavy atom. The Bertz CT molecular complexity index is 638. The summed E-state index contributed by atoms with van der Waals surface area (Å²) >= 11 is 1.34. The van der Waals surface area contributed by atoms with Crippen LogP contribution in [0.1, 0.15) is 23.4 Å². The van der Waals surface area contributed by atoms with Crippen LogP contribution in [-0.4, -0.2) is 13.4 Å². The SMILES string of the molecule is CC(NS(=O)(=O)c1csc(CN)c1)c1cccnc1. The van der Waals surface area contributed by atoms with E-state index < -0.39 is 10.0 Å². The van der Waals surface area contributed by atoms with E-state index in [2.05, 4.69) is 9.71 Å². The van der Waals surface area contributed by atoms with Crippen LogP contribution in [0.15, 0.2) is 40.9 Å². The summed E-state index contributed by atoms with van der Waals surface area (Å²) in [5.74, 6) is 0. The van der Waals surface area contributed by atoms with E-state index in [9.17, 15) is 8.42 Å². The number of pyridine rings is 1. The van der Waals surface area contributed by atoms with Crippen LogP contribution in [0.25, 0.3) is 0 Å². The third kappa shape index (κ3) is 3.38. The molecule has 3 N–H and O–H groups in total. The van der Waals surface area contributed by atoms with Crippen LogP contribution in [0.4, 0.5) is 0 Å². The van der Waals surface area contributed by atoms with Crippen molar-refractivity contribution in [3.8, 4) is 0 Å². The van der Waals surface area contributed by atoms with Crippen molar-refractivity contribution >= 4 is 21.4 Å². The van der Waals surface area contributed by atoms with Gasteiger partial charge in [0.05, 0.1) is 4.90 Å². The zero-order chi connectivity index (χ0) is 13.9. The number of nitrogens with zero attached hydrogens (tertiary/aromatic N) is 1. The summed E-state index contributed by atoms with van der Waals surface area (Å²) in [5, 5.41) is 1.60. The van der Waals surface area contributed by atoms with Crippen LogP contribution in [-0.2, 0) is 16.6 Å². The van der Waals surface area contributed by atoms with E-state index in [0.29, 0.717) is 6.54 Å². The number of hydrogen-bond acceptors (Lipinski definition) is 5. The molecule has 2 aromatic rings. The Balaban J connectivity index is 2.17. The van der Waals surface area contributed by atoms with Crippen LogP contribution >= 0.6 is 11.3 Å². The second kappa shape index (κ2) is 5.79. The van der Waals surface area contributed by atoms with E-state index in [-0.39, 0.29) is 10.9 Å². The van der Waals surface area contributed by atoms with Gasteiger partial charge in [-0.25, -0.2) is 13.1 Å². The molecule has 19 heavy (non-hydrogen) atoms. The van der Waals surface area contributed by atoms with Gasteiger partial charge in [0.1, 0.15) is 0 Å². The lowest BCUT2D eigenvalue weighted by Gasteiger charge is -2.13. The monoisotopic (exact) mass is 297 g/mol. The fourth-order valence-electron chi connectivity index (χ4n) is 1.61. The second-order valence-corrected chi connectivity index (χ2v) is 6.79. The molecular weight excluding hydrogens is 282 g/mol. The molecule has 0 aliphatic heterocycles. The number of rotatable bonds is 5. The first-order chi connectivity index (χ1) is 9.03. The van der Waals surface area contributed by atoms with Gasteiger partial charge in [-0.05, 0) is 24.6 Å². The third-order valence-corrected chi connectivity index (χ3v) is 5.29. The molecule has 1 atom stereocenters. The highest BCUT2D eigenvalue weighted by Crippen LogP contribution is 2.21. The number of aromatic nitrogens is 1. The summed E-state index contributed by atoms with van der Waals surface area (Å²) in [6, 6.07) is 4.87. The van der Waals surface area contributed by atoms with Gasteiger partial charge in [-0.2, -0.15) is 0 Å². The molecule has 0 aliphatic carbocycles. The highest BCUT2D eigenvalue weighted by Gasteiger charge is 2.19. The standard InChI is InChI=1S/C12H15N3O2S2/c1-9(10-3-2-4-14-7-10)15-19(16,17)12-5-11(6-13)18-8-12/h2-5,7-9,15H,6,13H2,1H3. The molecule has 0 spiro atoms. The van der Waals surface area contributed by atoms with Gasteiger partial charge in [0.15, 0.2) is 0 Å². The van der Waals surface area contributed by atoms with Crippen molar-refractivity contribution in [1.82, 2.24) is 9.71 Å². The number of nitrogens with two attached hydrogens (primary N) is 1. The van der Waals surface area contributed by atoms with Crippen LogP contribution in [0, 0.1) is 0 Å². The maximum atomic E-state index is 12.2. The molecule has 0 amide bonds. The summed E-state index contributed by atoms with van der Waals surface area (Å²) in [4.78, 5) is 5.08. The maximum absolute atomic E-state index is 12.2. The van der Waals surface area contributed by atoms with E-state index in [1.807, 2.05) is 6.07 Å². The number of nitrogens with one attached hydrogen (secondary N) is 1. The van der Waals surface area contributed by atoms with E-state index in [4.69, 9.17) is 5.73 Å². The third-order valence-electron chi connectivity index (χ3n) is 2.66. The zero-order valence-electron chi connectivity index (χ0n) is 10.4. The quantitative estimate of drug-likeness (QED) is 0.878. The molecule has 0 radical (unpaired) electrons. The van der Waals surface area contributed by atoms with Crippen molar-refractivity contribution < 1.29 is 8.42 Å². The summed E-state index contributed by atoms with van der Waals surface area (Å²) in [5.41, 5.74) is 6.31. The molecule has 1 unspecified atom stereocenters. The molecule has 0 aliphatic rings. The summed E-state index contributed by atoms with van der Waals surface area (Å²) in [6.07, 6.45) is 3.29. The molecule has 2 heterocycles. The predicted octanol–water partition coefficient (Wildman–Crippen LogP) is 1.64. The van der Waals surface area contributed by atoms with Crippen LogP contribution in [0.5, 0.6) is 0 Å². The van der Waals surface area contributed by atoms with Gasteiger partial charge in [0.2, 0.25) is 10.0 Å². The van der Waals surface area contributed by atoms with Crippen molar-refractivity contribution in [3.63, 3.8) is 0 Å². The molecular formula is C12H15N3O2S2. The summed E-state index contributed by atoms with van der Waals surface area (Å²) in [6.45, 7) is 2.13. The normalized spacial score (nSPS) is 13.4. The summed E-state index contributed by atoms with van der Waals surface area (Å²) in [7, 11) is -3.52. The zero-order valence-corrected chi connectivity index (χ0v) is 12.0. The Morgan fingerprint density at radius 1 is 1.53 bits per heavy atom. The van der Waals surface area contributed by atoms with Crippen molar-refractivity contribution in [1.29, 1.82) is 0 Å². The number of thiophene rings is 1. The second-order valence-electron chi connectivity index (χ2n) is 4.08. The fraction of sp³-hybridized carbons (Fsp3) is 0.250. The lowest BCUT2D eigenvalue weighted by molar-refractivity contribution is 0.567. The van der Waals surface area contributed by atoms with Crippen molar-refractivity contribution in [3.05, 3.63) is 46.4 Å². The van der Waals surface area contributed by atoms with Crippen LogP contribution < -0.4 is 10.5 Å². The van der Waals surface area contributed by atoms with E-state index in [0.717, 1.165) is 10.4 Å². The molecule has 0 aromatic carbocycles. The first-order valence-corrected chi connectivity index (χ1v) is 8.09. The van der Waals surface area contributed by atoms with Gasteiger partial charge >= 0.3 is 0 Å². The van der Waals surface area contributed by atoms with Crippen LogP contribution in [0.3, 0.4) is 0 Å². The summed E-state index contributed by atoms with van der Waals surface area (Å²) < 4.78 is 27.0. The molecule has 2 rings (SSSR count). The molecule has 0 fully saturated rings. The van der Waals surface area contributed by atoms with Gasteiger partial charge in [-0.1, -0.05) is 6.07 Å². The van der Waals surface area contributed by atoms with Crippen molar-refractivity contribution in [2.24, 2.45) is 5.73 Å². The topological polar surface area (TPSA) is 85.1 Å². The fourth-order valence-corrected chi connectivity index (χ4v) is 4.00. The van der Waals surface area contributed by atoms with Gasteiger partial charge in [-0.3, -0.25) is 4.98 Å². The van der Waals surface area contributed by atoms with Gasteiger partial charge in [0, 0.05) is 35.2 Å². The molecule has 5 nitrogen and oxygen atoms in total. The Hall–Kier alpha value is -1.28. The molecule has 0 bridgehead atoms. The van der Waals surface area contributed by atoms with E-state index in [1.165, 1.54) is 11.3 Å². The Morgan fingerprint density at radius 2 is 2.32 bits per heavy atom. The highest BCUT2D eigenvalue weighted by molar-refractivity contribution is 7.89. The lowest BCUT2D eigenvalue weighted by Crippen LogP contribution is -2.26. The lowest BCUT2D eigenvalue weighted by atomic mass is 10.2. The maximum Gasteiger partial charge on any atom is 0.241 e. The van der Waals surface area contributed by atoms with Gasteiger partial charge < -0.3 is 5.73 Å². The van der Waals surface area contributed by atoms with Crippen molar-refractivity contribution in [2.75, 3.05) is 0 Å². The number of hydrogen-bond donors (Lipinski definition) is 2. The van der Waals surface area contributed by atoms with Crippen molar-refractivity contribution in [2.45, 2.75) is 24.4 Å². The first-order valence-electron chi connectivity index (χ1n) is 5.72. The molecule has 2 aromatic heterocycles. The van der Waals surface area contributed by atoms with Crippen LogP contribution in [0.2, 0.25) is 0 Å². The minimum atomic E-state index is -3.52. The average Bonchev–Trinajstić information content (AvgIpc) is 2.89. The largest absolute Gasteiger partial charge is 0.326 e. The highest BCUT2D eigenvalue weighted by atomic mass is 32.2.